The van der Waals surface area contributed by atoms with Gasteiger partial charge in [0, 0.05) is 11.5 Å². The maximum atomic E-state index is 13.5. The van der Waals surface area contributed by atoms with Crippen molar-refractivity contribution in [1.29, 1.82) is 0 Å². The van der Waals surface area contributed by atoms with E-state index in [1.54, 1.807) is 6.21 Å². The van der Waals surface area contributed by atoms with Crippen molar-refractivity contribution in [3.8, 4) is 17.2 Å². The highest BCUT2D eigenvalue weighted by molar-refractivity contribution is 5.83. The zero-order chi connectivity index (χ0) is 24.3. The Kier molecular flexibility index (Phi) is 6.11. The standard InChI is InChI=1S/C29H27N3O4/c33-29-23-11-5-6-12-24(23)31-28(21-8-2-1-3-9-21)32(29)30-17-22-10-4-7-13-25(22)34-18-20-14-15-26-27(16-20)36-19-35-26/h4-7,10-17,21H,1-3,8-9,18-19H2. The Morgan fingerprint density at radius 2 is 1.78 bits per heavy atom. The van der Waals surface area contributed by atoms with Gasteiger partial charge in [-0.3, -0.25) is 4.79 Å². The number of hydrogen-bond acceptors (Lipinski definition) is 6. The molecular formula is C29H27N3O4. The van der Waals surface area contributed by atoms with Crippen molar-refractivity contribution >= 4 is 17.1 Å². The second kappa shape index (κ2) is 9.85. The summed E-state index contributed by atoms with van der Waals surface area (Å²) in [6.07, 6.45) is 7.26. The van der Waals surface area contributed by atoms with Gasteiger partial charge in [0.1, 0.15) is 18.2 Å². The van der Waals surface area contributed by atoms with E-state index in [1.165, 1.54) is 11.1 Å². The molecule has 0 spiro atoms. The average molecular weight is 482 g/mol. The first-order valence-corrected chi connectivity index (χ1v) is 12.4. The number of benzene rings is 3. The van der Waals surface area contributed by atoms with E-state index in [1.807, 2.05) is 66.7 Å². The van der Waals surface area contributed by atoms with Crippen LogP contribution in [0.1, 0.15) is 55.0 Å². The van der Waals surface area contributed by atoms with Crippen LogP contribution in [0.2, 0.25) is 0 Å². The van der Waals surface area contributed by atoms with E-state index in [-0.39, 0.29) is 18.3 Å². The van der Waals surface area contributed by atoms with Crippen LogP contribution in [0.3, 0.4) is 0 Å². The van der Waals surface area contributed by atoms with Crippen LogP contribution in [0.5, 0.6) is 17.2 Å². The van der Waals surface area contributed by atoms with Crippen LogP contribution in [-0.2, 0) is 6.61 Å². The molecule has 1 aromatic heterocycles. The number of fused-ring (bicyclic) bond motifs is 2. The minimum absolute atomic E-state index is 0.142. The van der Waals surface area contributed by atoms with Crippen molar-refractivity contribution < 1.29 is 14.2 Å². The molecule has 4 aromatic rings. The molecule has 7 heteroatoms. The SMILES string of the molecule is O=c1c2ccccc2nc(C2CCCCC2)n1N=Cc1ccccc1OCc1ccc2c(c1)OCO2. The molecule has 2 aliphatic rings. The van der Waals surface area contributed by atoms with Crippen LogP contribution in [0, 0.1) is 0 Å². The van der Waals surface area contributed by atoms with E-state index in [9.17, 15) is 4.79 Å². The van der Waals surface area contributed by atoms with Crippen molar-refractivity contribution in [2.75, 3.05) is 6.79 Å². The zero-order valence-corrected chi connectivity index (χ0v) is 19.9. The van der Waals surface area contributed by atoms with E-state index in [4.69, 9.17) is 19.2 Å². The van der Waals surface area contributed by atoms with Gasteiger partial charge in [-0.15, -0.1) is 0 Å². The van der Waals surface area contributed by atoms with Crippen LogP contribution in [-0.4, -0.2) is 22.7 Å². The van der Waals surface area contributed by atoms with Crippen LogP contribution >= 0.6 is 0 Å². The second-order valence-corrected chi connectivity index (χ2v) is 9.20. The molecule has 3 aromatic carbocycles. The topological polar surface area (TPSA) is 74.9 Å². The van der Waals surface area contributed by atoms with Gasteiger partial charge in [-0.25, -0.2) is 4.98 Å². The minimum Gasteiger partial charge on any atom is -0.488 e. The lowest BCUT2D eigenvalue weighted by atomic mass is 9.88. The summed E-state index contributed by atoms with van der Waals surface area (Å²) in [6, 6.07) is 20.9. The summed E-state index contributed by atoms with van der Waals surface area (Å²) in [5.74, 6) is 3.12. The molecule has 2 heterocycles. The summed E-state index contributed by atoms with van der Waals surface area (Å²) in [4.78, 5) is 18.4. The molecule has 6 rings (SSSR count). The molecule has 0 atom stereocenters. The molecule has 0 N–H and O–H groups in total. The zero-order valence-electron chi connectivity index (χ0n) is 19.9. The summed E-state index contributed by atoms with van der Waals surface area (Å²) >= 11 is 0. The lowest BCUT2D eigenvalue weighted by Crippen LogP contribution is -2.25. The Hall–Kier alpha value is -4.13. The normalized spacial score (nSPS) is 15.6. The highest BCUT2D eigenvalue weighted by Crippen LogP contribution is 2.33. The molecule has 0 bridgehead atoms. The van der Waals surface area contributed by atoms with Crippen molar-refractivity contribution in [3.63, 3.8) is 0 Å². The molecule has 182 valence electrons. The van der Waals surface area contributed by atoms with E-state index in [2.05, 4.69) is 5.10 Å². The average Bonchev–Trinajstić information content (AvgIpc) is 3.40. The van der Waals surface area contributed by atoms with Crippen molar-refractivity contribution in [1.82, 2.24) is 9.66 Å². The number of rotatable bonds is 6. The maximum Gasteiger partial charge on any atom is 0.282 e. The number of aromatic nitrogens is 2. The molecule has 1 aliphatic carbocycles. The first-order valence-electron chi connectivity index (χ1n) is 12.4. The lowest BCUT2D eigenvalue weighted by molar-refractivity contribution is 0.174. The van der Waals surface area contributed by atoms with E-state index in [0.29, 0.717) is 17.7 Å². The van der Waals surface area contributed by atoms with Crippen LogP contribution < -0.4 is 19.8 Å². The Morgan fingerprint density at radius 1 is 0.972 bits per heavy atom. The highest BCUT2D eigenvalue weighted by Gasteiger charge is 2.22. The smallest absolute Gasteiger partial charge is 0.282 e. The first kappa shape index (κ1) is 22.3. The predicted octanol–water partition coefficient (Wildman–Crippen LogP) is 5.63. The molecule has 0 radical (unpaired) electrons. The molecular weight excluding hydrogens is 454 g/mol. The van der Waals surface area contributed by atoms with Gasteiger partial charge in [0.2, 0.25) is 6.79 Å². The number of nitrogens with zero attached hydrogens (tertiary/aromatic N) is 3. The number of para-hydroxylation sites is 2. The van der Waals surface area contributed by atoms with Gasteiger partial charge in [-0.1, -0.05) is 49.6 Å². The van der Waals surface area contributed by atoms with Crippen LogP contribution in [0.4, 0.5) is 0 Å². The van der Waals surface area contributed by atoms with Gasteiger partial charge in [0.15, 0.2) is 11.5 Å². The van der Waals surface area contributed by atoms with E-state index < -0.39 is 0 Å². The van der Waals surface area contributed by atoms with Crippen LogP contribution in [0.25, 0.3) is 10.9 Å². The van der Waals surface area contributed by atoms with E-state index in [0.717, 1.165) is 59.7 Å². The highest BCUT2D eigenvalue weighted by atomic mass is 16.7. The van der Waals surface area contributed by atoms with Gasteiger partial charge in [-0.2, -0.15) is 9.78 Å². The van der Waals surface area contributed by atoms with E-state index >= 15 is 0 Å². The molecule has 1 aliphatic heterocycles. The molecule has 0 unspecified atom stereocenters. The van der Waals surface area contributed by atoms with Gasteiger partial charge in [0.25, 0.3) is 5.56 Å². The third-order valence-electron chi connectivity index (χ3n) is 6.81. The van der Waals surface area contributed by atoms with Gasteiger partial charge in [0.05, 0.1) is 17.1 Å². The Labute approximate surface area is 209 Å². The molecule has 7 nitrogen and oxygen atoms in total. The summed E-state index contributed by atoms with van der Waals surface area (Å²) < 4.78 is 18.5. The summed E-state index contributed by atoms with van der Waals surface area (Å²) in [5.41, 5.74) is 2.34. The van der Waals surface area contributed by atoms with Crippen molar-refractivity contribution in [3.05, 3.63) is 94.0 Å². The Bertz CT molecular complexity index is 1490. The Morgan fingerprint density at radius 3 is 2.69 bits per heavy atom. The lowest BCUT2D eigenvalue weighted by Gasteiger charge is -2.22. The largest absolute Gasteiger partial charge is 0.488 e. The monoisotopic (exact) mass is 481 g/mol. The van der Waals surface area contributed by atoms with Gasteiger partial charge in [-0.05, 0) is 54.8 Å². The fourth-order valence-corrected chi connectivity index (χ4v) is 4.91. The van der Waals surface area contributed by atoms with Crippen molar-refractivity contribution in [2.24, 2.45) is 5.10 Å². The minimum atomic E-state index is -0.142. The summed E-state index contributed by atoms with van der Waals surface area (Å²) in [5, 5.41) is 5.24. The number of ether oxygens (including phenoxy) is 3. The third-order valence-corrected chi connectivity index (χ3v) is 6.81. The quantitative estimate of drug-likeness (QED) is 0.334. The fraction of sp³-hybridized carbons (Fsp3) is 0.276. The molecule has 1 saturated carbocycles. The van der Waals surface area contributed by atoms with Gasteiger partial charge >= 0.3 is 0 Å². The fourth-order valence-electron chi connectivity index (χ4n) is 4.91. The summed E-state index contributed by atoms with van der Waals surface area (Å²) in [7, 11) is 0. The van der Waals surface area contributed by atoms with Gasteiger partial charge < -0.3 is 14.2 Å². The molecule has 1 fully saturated rings. The molecule has 36 heavy (non-hydrogen) atoms. The first-order chi connectivity index (χ1) is 17.8. The third kappa shape index (κ3) is 4.44. The maximum absolute atomic E-state index is 13.5. The molecule has 0 amide bonds. The predicted molar refractivity (Wildman–Crippen MR) is 138 cm³/mol. The summed E-state index contributed by atoms with van der Waals surface area (Å²) in [6.45, 7) is 0.608. The second-order valence-electron chi connectivity index (χ2n) is 9.20. The Balaban J connectivity index is 1.31. The van der Waals surface area contributed by atoms with Crippen molar-refractivity contribution in [2.45, 2.75) is 44.6 Å². The van der Waals surface area contributed by atoms with Crippen LogP contribution in [0.15, 0.2) is 76.6 Å². The molecule has 0 saturated heterocycles. The number of hydrogen-bond donors (Lipinski definition) is 0.